The minimum Gasteiger partial charge on any atom is -0.350 e. The van der Waals surface area contributed by atoms with Gasteiger partial charge in [0.2, 0.25) is 11.8 Å². The second kappa shape index (κ2) is 10.8. The van der Waals surface area contributed by atoms with Crippen molar-refractivity contribution in [3.8, 4) is 0 Å². The van der Waals surface area contributed by atoms with Gasteiger partial charge in [-0.2, -0.15) is 5.10 Å². The van der Waals surface area contributed by atoms with E-state index in [2.05, 4.69) is 23.7 Å². The summed E-state index contributed by atoms with van der Waals surface area (Å²) in [4.78, 5) is 26.7. The van der Waals surface area contributed by atoms with E-state index in [4.69, 9.17) is 11.6 Å². The van der Waals surface area contributed by atoms with E-state index >= 15 is 0 Å². The van der Waals surface area contributed by atoms with Crippen LogP contribution in [0.25, 0.3) is 0 Å². The number of carbonyl (C=O) groups is 2. The Bertz CT molecular complexity index is 808. The maximum absolute atomic E-state index is 14.0. The summed E-state index contributed by atoms with van der Waals surface area (Å²) in [7, 11) is 0. The van der Waals surface area contributed by atoms with Crippen LogP contribution in [0.3, 0.4) is 0 Å². The van der Waals surface area contributed by atoms with Crippen LogP contribution >= 0.6 is 11.6 Å². The highest BCUT2D eigenvalue weighted by atomic mass is 35.5. The largest absolute Gasteiger partial charge is 0.350 e. The number of benzene rings is 1. The molecule has 1 saturated carbocycles. The van der Waals surface area contributed by atoms with E-state index in [1.54, 1.807) is 29.2 Å². The van der Waals surface area contributed by atoms with E-state index in [-0.39, 0.29) is 42.5 Å². The van der Waals surface area contributed by atoms with E-state index in [1.807, 2.05) is 6.92 Å². The molecule has 0 atom stereocenters. The highest BCUT2D eigenvalue weighted by Gasteiger charge is 2.34. The number of carbonyl (C=O) groups excluding carboxylic acids is 2. The van der Waals surface area contributed by atoms with Gasteiger partial charge in [-0.15, -0.1) is 0 Å². The smallest absolute Gasteiger partial charge is 0.245 e. The van der Waals surface area contributed by atoms with E-state index < -0.39 is 5.82 Å². The first-order valence-corrected chi connectivity index (χ1v) is 9.83. The van der Waals surface area contributed by atoms with Gasteiger partial charge in [0.05, 0.1) is 11.6 Å². The molecule has 1 aliphatic carbocycles. The molecule has 0 aromatic heterocycles. The predicted molar refractivity (Wildman–Crippen MR) is 113 cm³/mol. The Kier molecular flexibility index (Phi) is 8.39. The molecule has 1 N–H and O–H groups in total. The standard InChI is InChI=1S/C21H26ClFN4O2/c1-4-7-16(5-2)27(24-3)14-20(29)26(17-10-11-17)13-19(28)25-12-15-8-6-9-18(22)21(15)23/h4,6-9,17H,1,3,5,10-14H2,2H3,(H,25,28)/b16-7+. The molecule has 0 aliphatic heterocycles. The van der Waals surface area contributed by atoms with E-state index in [9.17, 15) is 14.0 Å². The zero-order chi connectivity index (χ0) is 21.4. The molecule has 0 saturated heterocycles. The van der Waals surface area contributed by atoms with Gasteiger partial charge in [0, 0.05) is 30.6 Å². The zero-order valence-corrected chi connectivity index (χ0v) is 17.3. The van der Waals surface area contributed by atoms with Crippen molar-refractivity contribution in [1.82, 2.24) is 15.2 Å². The first kappa shape index (κ1) is 22.6. The van der Waals surface area contributed by atoms with Crippen LogP contribution in [-0.4, -0.2) is 47.6 Å². The molecule has 8 heteroatoms. The lowest BCUT2D eigenvalue weighted by atomic mass is 10.2. The lowest BCUT2D eigenvalue weighted by Gasteiger charge is -2.26. The summed E-state index contributed by atoms with van der Waals surface area (Å²) in [5, 5.41) is 8.08. The fraction of sp³-hybridized carbons (Fsp3) is 0.381. The molecule has 2 rings (SSSR count). The first-order valence-electron chi connectivity index (χ1n) is 9.46. The van der Waals surface area contributed by atoms with Gasteiger partial charge in [-0.05, 0) is 31.4 Å². The summed E-state index contributed by atoms with van der Waals surface area (Å²) < 4.78 is 14.0. The Balaban J connectivity index is 1.98. The molecular formula is C21H26ClFN4O2. The maximum Gasteiger partial charge on any atom is 0.245 e. The lowest BCUT2D eigenvalue weighted by Crippen LogP contribution is -2.45. The van der Waals surface area contributed by atoms with Crippen LogP contribution in [0.15, 0.2) is 47.7 Å². The molecular weight excluding hydrogens is 395 g/mol. The fourth-order valence-corrected chi connectivity index (χ4v) is 3.07. The number of nitrogens with one attached hydrogen (secondary N) is 1. The van der Waals surface area contributed by atoms with Gasteiger partial charge in [-0.3, -0.25) is 14.6 Å². The second-order valence-electron chi connectivity index (χ2n) is 6.69. The highest BCUT2D eigenvalue weighted by Crippen LogP contribution is 2.27. The quantitative estimate of drug-likeness (QED) is 0.338. The summed E-state index contributed by atoms with van der Waals surface area (Å²) in [5.41, 5.74) is 1.10. The van der Waals surface area contributed by atoms with Crippen molar-refractivity contribution in [2.75, 3.05) is 13.1 Å². The summed E-state index contributed by atoms with van der Waals surface area (Å²) in [6.45, 7) is 9.03. The van der Waals surface area contributed by atoms with Gasteiger partial charge < -0.3 is 10.2 Å². The van der Waals surface area contributed by atoms with Crippen LogP contribution in [-0.2, 0) is 16.1 Å². The monoisotopic (exact) mass is 420 g/mol. The summed E-state index contributed by atoms with van der Waals surface area (Å²) in [6.07, 6.45) is 5.77. The molecule has 0 unspecified atom stereocenters. The number of halogens is 2. The predicted octanol–water partition coefficient (Wildman–Crippen LogP) is 3.48. The summed E-state index contributed by atoms with van der Waals surface area (Å²) >= 11 is 5.76. The molecule has 6 nitrogen and oxygen atoms in total. The SMILES string of the molecule is C=C/C=C(\CC)N(CC(=O)N(CC(=O)NCc1cccc(Cl)c1F)C1CC1)N=C. The topological polar surface area (TPSA) is 65.0 Å². The molecule has 2 amide bonds. The Morgan fingerprint density at radius 2 is 2.10 bits per heavy atom. The Morgan fingerprint density at radius 1 is 1.38 bits per heavy atom. The second-order valence-corrected chi connectivity index (χ2v) is 7.10. The van der Waals surface area contributed by atoms with Gasteiger partial charge >= 0.3 is 0 Å². The minimum absolute atomic E-state index is 0.000315. The molecule has 0 spiro atoms. The van der Waals surface area contributed by atoms with Crippen molar-refractivity contribution in [2.24, 2.45) is 5.10 Å². The van der Waals surface area contributed by atoms with Crippen molar-refractivity contribution in [3.63, 3.8) is 0 Å². The summed E-state index contributed by atoms with van der Waals surface area (Å²) in [6, 6.07) is 4.65. The van der Waals surface area contributed by atoms with E-state index in [0.29, 0.717) is 12.0 Å². The van der Waals surface area contributed by atoms with Gasteiger partial charge in [0.1, 0.15) is 12.4 Å². The van der Waals surface area contributed by atoms with Crippen molar-refractivity contribution < 1.29 is 14.0 Å². The number of hydrazone groups is 1. The average molecular weight is 421 g/mol. The number of hydrogen-bond acceptors (Lipinski definition) is 4. The van der Waals surface area contributed by atoms with Crippen molar-refractivity contribution in [3.05, 3.63) is 59.0 Å². The third-order valence-electron chi connectivity index (χ3n) is 4.59. The normalized spacial score (nSPS) is 13.6. The van der Waals surface area contributed by atoms with Crippen molar-refractivity contribution in [1.29, 1.82) is 0 Å². The highest BCUT2D eigenvalue weighted by molar-refractivity contribution is 6.30. The van der Waals surface area contributed by atoms with Crippen LogP contribution in [0.1, 0.15) is 31.7 Å². The maximum atomic E-state index is 14.0. The Hall–Kier alpha value is -2.67. The van der Waals surface area contributed by atoms with Crippen LogP contribution in [0.2, 0.25) is 5.02 Å². The van der Waals surface area contributed by atoms with E-state index in [1.165, 1.54) is 11.1 Å². The third kappa shape index (κ3) is 6.42. The molecule has 29 heavy (non-hydrogen) atoms. The number of allylic oxidation sites excluding steroid dienone is 3. The van der Waals surface area contributed by atoms with Gasteiger partial charge in [0.25, 0.3) is 0 Å². The number of amides is 2. The van der Waals surface area contributed by atoms with Crippen molar-refractivity contribution >= 4 is 30.1 Å². The first-order chi connectivity index (χ1) is 13.9. The van der Waals surface area contributed by atoms with E-state index in [0.717, 1.165) is 18.5 Å². The number of hydrogen-bond donors (Lipinski definition) is 1. The Labute approximate surface area is 175 Å². The van der Waals surface area contributed by atoms with Crippen LogP contribution in [0, 0.1) is 5.82 Å². The minimum atomic E-state index is -0.557. The van der Waals surface area contributed by atoms with Gasteiger partial charge in [-0.1, -0.05) is 43.3 Å². The fourth-order valence-electron chi connectivity index (χ4n) is 2.88. The molecule has 1 aromatic carbocycles. The summed E-state index contributed by atoms with van der Waals surface area (Å²) in [5.74, 6) is -1.13. The van der Waals surface area contributed by atoms with Crippen LogP contribution in [0.4, 0.5) is 4.39 Å². The lowest BCUT2D eigenvalue weighted by molar-refractivity contribution is -0.137. The average Bonchev–Trinajstić information content (AvgIpc) is 3.54. The molecule has 0 bridgehead atoms. The molecule has 0 radical (unpaired) electrons. The zero-order valence-electron chi connectivity index (χ0n) is 16.5. The van der Waals surface area contributed by atoms with Gasteiger partial charge in [0.15, 0.2) is 0 Å². The molecule has 1 aliphatic rings. The number of nitrogens with zero attached hydrogens (tertiary/aromatic N) is 3. The molecule has 0 heterocycles. The van der Waals surface area contributed by atoms with Crippen molar-refractivity contribution in [2.45, 2.75) is 38.8 Å². The molecule has 156 valence electrons. The molecule has 1 fully saturated rings. The van der Waals surface area contributed by atoms with Crippen LogP contribution in [0.5, 0.6) is 0 Å². The molecule has 1 aromatic rings. The number of rotatable bonds is 11. The Morgan fingerprint density at radius 3 is 2.69 bits per heavy atom. The van der Waals surface area contributed by atoms with Gasteiger partial charge in [-0.25, -0.2) is 4.39 Å². The third-order valence-corrected chi connectivity index (χ3v) is 4.88. The van der Waals surface area contributed by atoms with Crippen LogP contribution < -0.4 is 5.32 Å².